The highest BCUT2D eigenvalue weighted by Crippen LogP contribution is 2.17. The summed E-state index contributed by atoms with van der Waals surface area (Å²) in [5.41, 5.74) is 1.87. The first-order chi connectivity index (χ1) is 10.0. The number of nitrogens with zero attached hydrogens (tertiary/aromatic N) is 2. The van der Waals surface area contributed by atoms with Gasteiger partial charge in [-0.15, -0.1) is 11.8 Å². The predicted octanol–water partition coefficient (Wildman–Crippen LogP) is 3.16. The van der Waals surface area contributed by atoms with Crippen LogP contribution in [0.3, 0.4) is 0 Å². The fraction of sp³-hybridized carbons (Fsp3) is 0.312. The largest absolute Gasteiger partial charge is 0.294 e. The summed E-state index contributed by atoms with van der Waals surface area (Å²) in [5, 5.41) is 4.23. The molecule has 0 aliphatic rings. The van der Waals surface area contributed by atoms with E-state index in [1.54, 1.807) is 41.8 Å². The lowest BCUT2D eigenvalue weighted by atomic mass is 10.0. The molecule has 110 valence electrons. The van der Waals surface area contributed by atoms with Gasteiger partial charge in [0.05, 0.1) is 17.7 Å². The van der Waals surface area contributed by atoms with Gasteiger partial charge < -0.3 is 0 Å². The molecule has 0 unspecified atom stereocenters. The molecule has 0 radical (unpaired) electrons. The van der Waals surface area contributed by atoms with Crippen molar-refractivity contribution >= 4 is 23.3 Å². The molecule has 0 bridgehead atoms. The van der Waals surface area contributed by atoms with E-state index in [4.69, 9.17) is 0 Å². The zero-order valence-electron chi connectivity index (χ0n) is 12.4. The van der Waals surface area contributed by atoms with E-state index in [9.17, 15) is 9.59 Å². The van der Waals surface area contributed by atoms with Gasteiger partial charge in [-0.2, -0.15) is 5.10 Å². The second-order valence-corrected chi connectivity index (χ2v) is 5.65. The average Bonchev–Trinajstić information content (AvgIpc) is 2.88. The van der Waals surface area contributed by atoms with Gasteiger partial charge >= 0.3 is 0 Å². The van der Waals surface area contributed by atoms with E-state index in [1.807, 2.05) is 25.3 Å². The van der Waals surface area contributed by atoms with E-state index in [2.05, 4.69) is 5.10 Å². The molecule has 0 aliphatic carbocycles. The third-order valence-electron chi connectivity index (χ3n) is 3.27. The zero-order chi connectivity index (χ0) is 15.4. The van der Waals surface area contributed by atoms with Crippen LogP contribution in [0.5, 0.6) is 0 Å². The third-order valence-corrected chi connectivity index (χ3v) is 4.02. The lowest BCUT2D eigenvalue weighted by molar-refractivity contribution is 0.0894. The number of aryl methyl sites for hydroxylation is 2. The Morgan fingerprint density at radius 2 is 1.86 bits per heavy atom. The van der Waals surface area contributed by atoms with Crippen molar-refractivity contribution in [2.45, 2.75) is 24.7 Å². The predicted molar refractivity (Wildman–Crippen MR) is 84.1 cm³/mol. The Morgan fingerprint density at radius 1 is 1.19 bits per heavy atom. The Hall–Kier alpha value is -1.88. The number of hydrogen-bond donors (Lipinski definition) is 0. The van der Waals surface area contributed by atoms with Crippen LogP contribution in [-0.2, 0) is 13.5 Å². The summed E-state index contributed by atoms with van der Waals surface area (Å²) in [6.45, 7) is 1.95. The molecule has 1 heterocycles. The monoisotopic (exact) mass is 302 g/mol. The maximum Gasteiger partial charge on any atom is 0.174 e. The number of aromatic nitrogens is 2. The van der Waals surface area contributed by atoms with Crippen LogP contribution in [0.1, 0.15) is 39.8 Å². The summed E-state index contributed by atoms with van der Waals surface area (Å²) in [6, 6.07) is 7.32. The lowest BCUT2D eigenvalue weighted by Gasteiger charge is -2.02. The van der Waals surface area contributed by atoms with Gasteiger partial charge in [-0.1, -0.05) is 19.1 Å². The molecule has 1 aromatic heterocycles. The van der Waals surface area contributed by atoms with Crippen molar-refractivity contribution in [3.05, 3.63) is 47.3 Å². The molecule has 0 N–H and O–H groups in total. The second-order valence-electron chi connectivity index (χ2n) is 4.77. The molecule has 4 nitrogen and oxygen atoms in total. The van der Waals surface area contributed by atoms with E-state index in [0.29, 0.717) is 17.5 Å². The Labute approximate surface area is 128 Å². The first-order valence-electron chi connectivity index (χ1n) is 6.78. The number of Topliss-reactive ketones (excluding diaryl/α,β-unsaturated/α-hetero) is 2. The van der Waals surface area contributed by atoms with E-state index in [1.165, 1.54) is 0 Å². The minimum Gasteiger partial charge on any atom is -0.294 e. The maximum atomic E-state index is 12.3. The Bertz CT molecular complexity index is 659. The van der Waals surface area contributed by atoms with Gasteiger partial charge in [-0.05, 0) is 24.8 Å². The summed E-state index contributed by atoms with van der Waals surface area (Å²) < 4.78 is 1.61. The molecule has 0 aliphatic heterocycles. The van der Waals surface area contributed by atoms with Gasteiger partial charge in [-0.25, -0.2) is 0 Å². The number of benzene rings is 1. The smallest absolute Gasteiger partial charge is 0.174 e. The molecule has 0 amide bonds. The standard InChI is InChI=1S/C16H18N2O2S/c1-4-14-13(10-18(2)17-14)16(20)9-15(19)11-5-7-12(21-3)8-6-11/h5-8,10H,4,9H2,1-3H3. The van der Waals surface area contributed by atoms with Gasteiger partial charge in [0, 0.05) is 23.7 Å². The van der Waals surface area contributed by atoms with Crippen molar-refractivity contribution in [1.82, 2.24) is 9.78 Å². The molecular weight excluding hydrogens is 284 g/mol. The van der Waals surface area contributed by atoms with Crippen LogP contribution in [0.25, 0.3) is 0 Å². The van der Waals surface area contributed by atoms with Crippen molar-refractivity contribution in [2.24, 2.45) is 7.05 Å². The quantitative estimate of drug-likeness (QED) is 0.467. The number of carbonyl (C=O) groups is 2. The van der Waals surface area contributed by atoms with Crippen LogP contribution in [0.4, 0.5) is 0 Å². The molecule has 0 saturated carbocycles. The minimum atomic E-state index is -0.168. The van der Waals surface area contributed by atoms with Gasteiger partial charge in [0.15, 0.2) is 11.6 Å². The van der Waals surface area contributed by atoms with Gasteiger partial charge in [0.1, 0.15) is 0 Å². The number of hydrogen-bond acceptors (Lipinski definition) is 4. The van der Waals surface area contributed by atoms with Gasteiger partial charge in [0.2, 0.25) is 0 Å². The first kappa shape index (κ1) is 15.5. The van der Waals surface area contributed by atoms with Crippen molar-refractivity contribution in [3.8, 4) is 0 Å². The summed E-state index contributed by atoms with van der Waals surface area (Å²) in [5.74, 6) is -0.322. The molecule has 0 atom stereocenters. The first-order valence-corrected chi connectivity index (χ1v) is 8.00. The van der Waals surface area contributed by atoms with E-state index in [-0.39, 0.29) is 18.0 Å². The molecule has 0 fully saturated rings. The molecule has 1 aromatic carbocycles. The number of thioether (sulfide) groups is 1. The summed E-state index contributed by atoms with van der Waals surface area (Å²) in [6.07, 6.45) is 4.23. The van der Waals surface area contributed by atoms with Crippen molar-refractivity contribution < 1.29 is 9.59 Å². The Kier molecular flexibility index (Phi) is 4.96. The topological polar surface area (TPSA) is 52.0 Å². The summed E-state index contributed by atoms with van der Waals surface area (Å²) in [7, 11) is 1.78. The van der Waals surface area contributed by atoms with Gasteiger partial charge in [0.25, 0.3) is 0 Å². The minimum absolute atomic E-state index is 0.114. The van der Waals surface area contributed by atoms with Crippen LogP contribution in [0.2, 0.25) is 0 Å². The van der Waals surface area contributed by atoms with Crippen molar-refractivity contribution in [3.63, 3.8) is 0 Å². The molecular formula is C16H18N2O2S. The molecule has 2 rings (SSSR count). The van der Waals surface area contributed by atoms with Crippen LogP contribution >= 0.6 is 11.8 Å². The third kappa shape index (κ3) is 3.61. The van der Waals surface area contributed by atoms with E-state index in [0.717, 1.165) is 10.6 Å². The Morgan fingerprint density at radius 3 is 2.43 bits per heavy atom. The lowest BCUT2D eigenvalue weighted by Crippen LogP contribution is -2.09. The highest BCUT2D eigenvalue weighted by atomic mass is 32.2. The summed E-state index contributed by atoms with van der Waals surface area (Å²) in [4.78, 5) is 25.5. The SMILES string of the molecule is CCc1nn(C)cc1C(=O)CC(=O)c1ccc(SC)cc1. The van der Waals surface area contributed by atoms with Crippen molar-refractivity contribution in [2.75, 3.05) is 6.26 Å². The number of rotatable bonds is 6. The fourth-order valence-corrected chi connectivity index (χ4v) is 2.56. The fourth-order valence-electron chi connectivity index (χ4n) is 2.15. The highest BCUT2D eigenvalue weighted by Gasteiger charge is 2.18. The van der Waals surface area contributed by atoms with Crippen LogP contribution in [-0.4, -0.2) is 27.6 Å². The van der Waals surface area contributed by atoms with Crippen LogP contribution < -0.4 is 0 Å². The molecule has 21 heavy (non-hydrogen) atoms. The maximum absolute atomic E-state index is 12.3. The van der Waals surface area contributed by atoms with E-state index >= 15 is 0 Å². The molecule has 2 aromatic rings. The molecule has 5 heteroatoms. The van der Waals surface area contributed by atoms with Crippen molar-refractivity contribution in [1.29, 1.82) is 0 Å². The molecule has 0 saturated heterocycles. The number of ketones is 2. The van der Waals surface area contributed by atoms with Crippen LogP contribution in [0, 0.1) is 0 Å². The number of carbonyl (C=O) groups excluding carboxylic acids is 2. The van der Waals surface area contributed by atoms with Crippen LogP contribution in [0.15, 0.2) is 35.4 Å². The average molecular weight is 302 g/mol. The highest BCUT2D eigenvalue weighted by molar-refractivity contribution is 7.98. The molecule has 0 spiro atoms. The van der Waals surface area contributed by atoms with E-state index < -0.39 is 0 Å². The normalized spacial score (nSPS) is 10.6. The second kappa shape index (κ2) is 6.72. The summed E-state index contributed by atoms with van der Waals surface area (Å²) >= 11 is 1.62. The Balaban J connectivity index is 2.12. The zero-order valence-corrected chi connectivity index (χ0v) is 13.2. The van der Waals surface area contributed by atoms with Gasteiger partial charge in [-0.3, -0.25) is 14.3 Å².